The first kappa shape index (κ1) is 14.2. The quantitative estimate of drug-likeness (QED) is 0.800. The number of halogens is 2. The maximum absolute atomic E-state index is 6.50. The second-order valence-corrected chi connectivity index (χ2v) is 4.88. The fourth-order valence-corrected chi connectivity index (χ4v) is 2.74. The summed E-state index contributed by atoms with van der Waals surface area (Å²) in [4.78, 5) is 4.59. The standard InChI is InChI=1S/C14H15Cl2NO2/c1-8-9(6-7-15)13(16)12-10(18-2)4-5-11(19-3)14(12)17-8/h4-5H,6-7H2,1-3H3. The zero-order chi connectivity index (χ0) is 14.0. The molecule has 0 saturated carbocycles. The van der Waals surface area contributed by atoms with E-state index in [0.29, 0.717) is 34.3 Å². The van der Waals surface area contributed by atoms with Crippen LogP contribution in [-0.2, 0) is 6.42 Å². The van der Waals surface area contributed by atoms with Crippen molar-refractivity contribution in [3.8, 4) is 11.5 Å². The monoisotopic (exact) mass is 299 g/mol. The number of rotatable bonds is 4. The van der Waals surface area contributed by atoms with Crippen molar-refractivity contribution in [2.45, 2.75) is 13.3 Å². The molecule has 0 N–H and O–H groups in total. The van der Waals surface area contributed by atoms with Gasteiger partial charge in [0.05, 0.1) is 24.6 Å². The normalized spacial score (nSPS) is 10.8. The molecule has 5 heteroatoms. The van der Waals surface area contributed by atoms with Gasteiger partial charge in [-0.2, -0.15) is 0 Å². The number of pyridine rings is 1. The van der Waals surface area contributed by atoms with Crippen molar-refractivity contribution in [1.82, 2.24) is 4.98 Å². The van der Waals surface area contributed by atoms with Gasteiger partial charge in [0.1, 0.15) is 17.0 Å². The van der Waals surface area contributed by atoms with Crippen LogP contribution in [0.15, 0.2) is 12.1 Å². The summed E-state index contributed by atoms with van der Waals surface area (Å²) >= 11 is 12.3. The van der Waals surface area contributed by atoms with Gasteiger partial charge in [-0.25, -0.2) is 4.98 Å². The first-order valence-corrected chi connectivity index (χ1v) is 6.80. The van der Waals surface area contributed by atoms with Crippen LogP contribution in [0.25, 0.3) is 10.9 Å². The number of alkyl halides is 1. The number of fused-ring (bicyclic) bond motifs is 1. The number of hydrogen-bond donors (Lipinski definition) is 0. The zero-order valence-electron chi connectivity index (χ0n) is 11.1. The van der Waals surface area contributed by atoms with Crippen LogP contribution in [-0.4, -0.2) is 25.1 Å². The molecular formula is C14H15Cl2NO2. The van der Waals surface area contributed by atoms with Crippen LogP contribution in [0.2, 0.25) is 5.02 Å². The number of aryl methyl sites for hydroxylation is 1. The molecule has 0 bridgehead atoms. The average molecular weight is 300 g/mol. The van der Waals surface area contributed by atoms with Crippen LogP contribution >= 0.6 is 23.2 Å². The summed E-state index contributed by atoms with van der Waals surface area (Å²) in [6.45, 7) is 1.92. The van der Waals surface area contributed by atoms with Crippen LogP contribution < -0.4 is 9.47 Å². The SMILES string of the molecule is COc1ccc(OC)c2c(Cl)c(CCCl)c(C)nc12. The van der Waals surface area contributed by atoms with E-state index >= 15 is 0 Å². The lowest BCUT2D eigenvalue weighted by molar-refractivity contribution is 0.409. The highest BCUT2D eigenvalue weighted by Gasteiger charge is 2.17. The minimum Gasteiger partial charge on any atom is -0.496 e. The lowest BCUT2D eigenvalue weighted by Gasteiger charge is -2.14. The van der Waals surface area contributed by atoms with Crippen molar-refractivity contribution >= 4 is 34.1 Å². The number of ether oxygens (including phenoxy) is 2. The molecule has 0 radical (unpaired) electrons. The van der Waals surface area contributed by atoms with E-state index in [1.54, 1.807) is 14.2 Å². The first-order valence-electron chi connectivity index (χ1n) is 5.89. The van der Waals surface area contributed by atoms with E-state index < -0.39 is 0 Å². The molecule has 0 unspecified atom stereocenters. The molecule has 0 fully saturated rings. The van der Waals surface area contributed by atoms with Crippen LogP contribution in [0.1, 0.15) is 11.3 Å². The molecule has 1 aromatic heterocycles. The fourth-order valence-electron chi connectivity index (χ4n) is 2.14. The molecule has 0 aliphatic carbocycles. The molecular weight excluding hydrogens is 285 g/mol. The average Bonchev–Trinajstić information content (AvgIpc) is 2.42. The van der Waals surface area contributed by atoms with E-state index in [9.17, 15) is 0 Å². The van der Waals surface area contributed by atoms with Crippen LogP contribution in [0, 0.1) is 6.92 Å². The smallest absolute Gasteiger partial charge is 0.145 e. The second-order valence-electron chi connectivity index (χ2n) is 4.12. The van der Waals surface area contributed by atoms with Crippen molar-refractivity contribution in [2.75, 3.05) is 20.1 Å². The largest absolute Gasteiger partial charge is 0.496 e. The van der Waals surface area contributed by atoms with Crippen molar-refractivity contribution in [1.29, 1.82) is 0 Å². The number of methoxy groups -OCH3 is 2. The van der Waals surface area contributed by atoms with Crippen LogP contribution in [0.4, 0.5) is 0 Å². The molecule has 1 heterocycles. The van der Waals surface area contributed by atoms with Gasteiger partial charge < -0.3 is 9.47 Å². The third-order valence-electron chi connectivity index (χ3n) is 3.09. The minimum absolute atomic E-state index is 0.500. The van der Waals surface area contributed by atoms with E-state index in [1.807, 2.05) is 19.1 Å². The predicted molar refractivity (Wildman–Crippen MR) is 79.0 cm³/mol. The maximum atomic E-state index is 6.50. The Morgan fingerprint density at radius 1 is 1.16 bits per heavy atom. The Morgan fingerprint density at radius 3 is 2.37 bits per heavy atom. The molecule has 3 nitrogen and oxygen atoms in total. The lowest BCUT2D eigenvalue weighted by Crippen LogP contribution is -2.00. The summed E-state index contributed by atoms with van der Waals surface area (Å²) in [7, 11) is 3.22. The molecule has 2 rings (SSSR count). The Hall–Kier alpha value is -1.19. The van der Waals surface area contributed by atoms with Gasteiger partial charge in [0.25, 0.3) is 0 Å². The summed E-state index contributed by atoms with van der Waals surface area (Å²) < 4.78 is 10.7. The Bertz CT molecular complexity index is 614. The van der Waals surface area contributed by atoms with Crippen molar-refractivity contribution in [3.63, 3.8) is 0 Å². The van der Waals surface area contributed by atoms with E-state index in [2.05, 4.69) is 4.98 Å². The van der Waals surface area contributed by atoms with Crippen molar-refractivity contribution in [3.05, 3.63) is 28.4 Å². The number of benzene rings is 1. The molecule has 19 heavy (non-hydrogen) atoms. The topological polar surface area (TPSA) is 31.4 Å². The number of aromatic nitrogens is 1. The summed E-state index contributed by atoms with van der Waals surface area (Å²) in [6.07, 6.45) is 0.676. The minimum atomic E-state index is 0.500. The highest BCUT2D eigenvalue weighted by Crippen LogP contribution is 2.39. The zero-order valence-corrected chi connectivity index (χ0v) is 12.6. The summed E-state index contributed by atoms with van der Waals surface area (Å²) in [6, 6.07) is 3.65. The van der Waals surface area contributed by atoms with Gasteiger partial charge in [-0.3, -0.25) is 0 Å². The Balaban J connectivity index is 2.85. The van der Waals surface area contributed by atoms with Gasteiger partial charge in [-0.05, 0) is 31.0 Å². The molecule has 0 saturated heterocycles. The third-order valence-corrected chi connectivity index (χ3v) is 3.69. The summed E-state index contributed by atoms with van der Waals surface area (Å²) in [5.41, 5.74) is 2.53. The molecule has 0 spiro atoms. The maximum Gasteiger partial charge on any atom is 0.145 e. The summed E-state index contributed by atoms with van der Waals surface area (Å²) in [5, 5.41) is 1.41. The highest BCUT2D eigenvalue weighted by atomic mass is 35.5. The third kappa shape index (κ3) is 2.45. The van der Waals surface area contributed by atoms with Gasteiger partial charge in [0, 0.05) is 11.6 Å². The Labute approximate surface area is 122 Å². The molecule has 0 atom stereocenters. The predicted octanol–water partition coefficient (Wildman–Crippen LogP) is 4.00. The van der Waals surface area contributed by atoms with Gasteiger partial charge in [0.2, 0.25) is 0 Å². The Kier molecular flexibility index (Phi) is 4.38. The molecule has 2 aromatic rings. The number of hydrogen-bond acceptors (Lipinski definition) is 3. The van der Waals surface area contributed by atoms with Gasteiger partial charge >= 0.3 is 0 Å². The van der Waals surface area contributed by atoms with Gasteiger partial charge in [-0.15, -0.1) is 11.6 Å². The fraction of sp³-hybridized carbons (Fsp3) is 0.357. The molecule has 1 aromatic carbocycles. The first-order chi connectivity index (χ1) is 9.13. The summed E-state index contributed by atoms with van der Waals surface area (Å²) in [5.74, 6) is 1.86. The van der Waals surface area contributed by atoms with E-state index in [0.717, 1.165) is 16.6 Å². The van der Waals surface area contributed by atoms with Crippen LogP contribution in [0.3, 0.4) is 0 Å². The molecule has 102 valence electrons. The molecule has 0 aliphatic rings. The second kappa shape index (κ2) is 5.85. The van der Waals surface area contributed by atoms with Gasteiger partial charge in [0.15, 0.2) is 0 Å². The van der Waals surface area contributed by atoms with Gasteiger partial charge in [-0.1, -0.05) is 11.6 Å². The Morgan fingerprint density at radius 2 is 1.79 bits per heavy atom. The molecule has 0 aliphatic heterocycles. The van der Waals surface area contributed by atoms with Crippen LogP contribution in [0.5, 0.6) is 11.5 Å². The van der Waals surface area contributed by atoms with E-state index in [-0.39, 0.29) is 0 Å². The highest BCUT2D eigenvalue weighted by molar-refractivity contribution is 6.37. The number of nitrogens with zero attached hydrogens (tertiary/aromatic N) is 1. The van der Waals surface area contributed by atoms with Crippen molar-refractivity contribution < 1.29 is 9.47 Å². The van der Waals surface area contributed by atoms with E-state index in [1.165, 1.54) is 0 Å². The lowest BCUT2D eigenvalue weighted by atomic mass is 10.1. The molecule has 0 amide bonds. The van der Waals surface area contributed by atoms with Crippen molar-refractivity contribution in [2.24, 2.45) is 0 Å². The van der Waals surface area contributed by atoms with E-state index in [4.69, 9.17) is 32.7 Å².